The second-order valence-electron chi connectivity index (χ2n) is 10.7. The Balaban J connectivity index is 1.46. The molecule has 0 amide bonds. The van der Waals surface area contributed by atoms with Gasteiger partial charge in [0.05, 0.1) is 17.6 Å². The molecule has 0 bridgehead atoms. The van der Waals surface area contributed by atoms with Crippen molar-refractivity contribution in [3.8, 4) is 0 Å². The average Bonchev–Trinajstić information content (AvgIpc) is 3.29. The molecule has 1 saturated heterocycles. The Morgan fingerprint density at radius 2 is 1.97 bits per heavy atom. The molecule has 2 aromatic heterocycles. The van der Waals surface area contributed by atoms with E-state index in [0.29, 0.717) is 17.2 Å². The maximum atomic E-state index is 15.5. The van der Waals surface area contributed by atoms with Crippen molar-refractivity contribution in [2.45, 2.75) is 57.8 Å². The first-order chi connectivity index (χ1) is 16.2. The van der Waals surface area contributed by atoms with E-state index in [0.717, 1.165) is 48.6 Å². The normalized spacial score (nSPS) is 22.3. The van der Waals surface area contributed by atoms with Crippen molar-refractivity contribution in [1.82, 2.24) is 14.8 Å². The summed E-state index contributed by atoms with van der Waals surface area (Å²) < 4.78 is 42.8. The van der Waals surface area contributed by atoms with Crippen LogP contribution < -0.4 is 0 Å². The largest absolute Gasteiger partial charge is 0.357 e. The first-order valence-electron chi connectivity index (χ1n) is 12.3. The maximum absolute atomic E-state index is 15.5. The zero-order chi connectivity index (χ0) is 24.0. The molecule has 4 heterocycles. The fourth-order valence-electron chi connectivity index (χ4n) is 5.75. The van der Waals surface area contributed by atoms with Crippen LogP contribution in [0.1, 0.15) is 54.2 Å². The van der Waals surface area contributed by atoms with Gasteiger partial charge in [0, 0.05) is 53.7 Å². The summed E-state index contributed by atoms with van der Waals surface area (Å²) in [5.41, 5.74) is 1.88. The molecule has 3 nitrogen and oxygen atoms in total. The third-order valence-electron chi connectivity index (χ3n) is 7.22. The highest BCUT2D eigenvalue weighted by Crippen LogP contribution is 2.45. The fraction of sp³-hybridized carbons (Fsp3) is 0.556. The molecule has 7 heteroatoms. The minimum absolute atomic E-state index is 0.0902. The van der Waals surface area contributed by atoms with Crippen molar-refractivity contribution >= 4 is 22.2 Å². The zero-order valence-corrected chi connectivity index (χ0v) is 21.0. The lowest BCUT2D eigenvalue weighted by Crippen LogP contribution is -2.47. The van der Waals surface area contributed by atoms with Gasteiger partial charge in [-0.25, -0.2) is 8.78 Å². The minimum Gasteiger partial charge on any atom is -0.357 e. The molecular formula is C27H34F3N3S. The average molecular weight is 490 g/mol. The Kier molecular flexibility index (Phi) is 6.55. The third kappa shape index (κ3) is 4.67. The van der Waals surface area contributed by atoms with Gasteiger partial charge in [-0.2, -0.15) is 0 Å². The molecule has 5 rings (SSSR count). The number of hydrogen-bond donors (Lipinski definition) is 1. The molecule has 2 aliphatic rings. The Hall–Kier alpha value is -1.83. The maximum Gasteiger partial charge on any atom is 0.139 e. The van der Waals surface area contributed by atoms with Gasteiger partial charge in [0.1, 0.15) is 11.5 Å². The molecule has 1 aromatic carbocycles. The van der Waals surface area contributed by atoms with E-state index in [9.17, 15) is 8.78 Å². The van der Waals surface area contributed by atoms with Gasteiger partial charge in [-0.15, -0.1) is 11.3 Å². The fourth-order valence-corrected chi connectivity index (χ4v) is 7.03. The number of nitrogens with one attached hydrogen (secondary N) is 1. The third-order valence-corrected chi connectivity index (χ3v) is 8.40. The number of halogens is 3. The number of rotatable bonds is 8. The van der Waals surface area contributed by atoms with Crippen LogP contribution in [0.2, 0.25) is 0 Å². The van der Waals surface area contributed by atoms with Crippen LogP contribution in [0.25, 0.3) is 10.9 Å². The molecule has 1 fully saturated rings. The minimum atomic E-state index is -1.39. The summed E-state index contributed by atoms with van der Waals surface area (Å²) in [5, 5.41) is 1.17. The first kappa shape index (κ1) is 23.9. The van der Waals surface area contributed by atoms with Crippen molar-refractivity contribution in [1.29, 1.82) is 0 Å². The van der Waals surface area contributed by atoms with Gasteiger partial charge in [0.25, 0.3) is 0 Å². The number of H-pyrrole nitrogens is 1. The van der Waals surface area contributed by atoms with E-state index >= 15 is 4.39 Å². The number of thiophene rings is 1. The Morgan fingerprint density at radius 3 is 2.71 bits per heavy atom. The number of fused-ring (bicyclic) bond motifs is 3. The van der Waals surface area contributed by atoms with Crippen LogP contribution in [0.5, 0.6) is 0 Å². The molecule has 0 unspecified atom stereocenters. The lowest BCUT2D eigenvalue weighted by molar-refractivity contribution is 0.0668. The molecular weight excluding hydrogens is 455 g/mol. The van der Waals surface area contributed by atoms with Gasteiger partial charge in [-0.3, -0.25) is 9.29 Å². The topological polar surface area (TPSA) is 22.3 Å². The van der Waals surface area contributed by atoms with Crippen molar-refractivity contribution < 1.29 is 13.2 Å². The van der Waals surface area contributed by atoms with Crippen LogP contribution in [0.15, 0.2) is 30.3 Å². The van der Waals surface area contributed by atoms with Gasteiger partial charge < -0.3 is 9.88 Å². The summed E-state index contributed by atoms with van der Waals surface area (Å²) in [6.07, 6.45) is 2.23. The molecule has 0 spiro atoms. The van der Waals surface area contributed by atoms with E-state index in [1.165, 1.54) is 22.3 Å². The standard InChI is InChI=1S/C27H34F3N3S/c1-17-11-21-20-7-4-5-8-23(20)31-24(21)25(33(17)16-27(2,3)30)26-22(29)13-19(34-26)12-18-14-32(15-18)10-6-9-28/h4-5,7-8,13,17-18,25,31H,6,9-12,14-16H2,1-3H3/t17-,25+/m1/s1. The van der Waals surface area contributed by atoms with Crippen molar-refractivity contribution in [2.24, 2.45) is 5.92 Å². The molecule has 1 N–H and O–H groups in total. The zero-order valence-electron chi connectivity index (χ0n) is 20.2. The van der Waals surface area contributed by atoms with E-state index in [4.69, 9.17) is 0 Å². The quantitative estimate of drug-likeness (QED) is 0.402. The van der Waals surface area contributed by atoms with E-state index in [1.807, 2.05) is 12.1 Å². The number of aromatic amines is 1. The predicted molar refractivity (Wildman–Crippen MR) is 134 cm³/mol. The predicted octanol–water partition coefficient (Wildman–Crippen LogP) is 6.29. The van der Waals surface area contributed by atoms with Gasteiger partial charge in [-0.1, -0.05) is 18.2 Å². The van der Waals surface area contributed by atoms with Crippen molar-refractivity contribution in [3.05, 3.63) is 57.2 Å². The first-order valence-corrected chi connectivity index (χ1v) is 13.2. The van der Waals surface area contributed by atoms with Gasteiger partial charge in [0.2, 0.25) is 0 Å². The molecule has 2 atom stereocenters. The number of benzene rings is 1. The monoisotopic (exact) mass is 489 g/mol. The highest BCUT2D eigenvalue weighted by atomic mass is 32.1. The lowest BCUT2D eigenvalue weighted by atomic mass is 9.90. The highest BCUT2D eigenvalue weighted by Gasteiger charge is 2.40. The SMILES string of the molecule is C[C@@H]1Cc2c([nH]c3ccccc23)[C@@H](c2sc(CC3CN(CCCF)C3)cc2F)N1CC(C)(C)F. The van der Waals surface area contributed by atoms with E-state index in [2.05, 4.69) is 33.8 Å². The number of nitrogens with zero attached hydrogens (tertiary/aromatic N) is 2. The van der Waals surface area contributed by atoms with Crippen LogP contribution in [-0.4, -0.2) is 59.3 Å². The Labute approximate surface area is 203 Å². The summed E-state index contributed by atoms with van der Waals surface area (Å²) >= 11 is 1.53. The lowest BCUT2D eigenvalue weighted by Gasteiger charge is -2.42. The second kappa shape index (κ2) is 9.32. The summed E-state index contributed by atoms with van der Waals surface area (Å²) in [7, 11) is 0. The molecule has 0 radical (unpaired) electrons. The van der Waals surface area contributed by atoms with E-state index in [-0.39, 0.29) is 31.1 Å². The Morgan fingerprint density at radius 1 is 1.21 bits per heavy atom. The van der Waals surface area contributed by atoms with E-state index < -0.39 is 5.67 Å². The molecule has 2 aliphatic heterocycles. The number of likely N-dealkylation sites (tertiary alicyclic amines) is 1. The number of para-hydroxylation sites is 1. The highest BCUT2D eigenvalue weighted by molar-refractivity contribution is 7.12. The molecule has 34 heavy (non-hydrogen) atoms. The smallest absolute Gasteiger partial charge is 0.139 e. The van der Waals surface area contributed by atoms with Crippen LogP contribution in [0, 0.1) is 11.7 Å². The molecule has 0 saturated carbocycles. The number of hydrogen-bond acceptors (Lipinski definition) is 3. The molecule has 3 aromatic rings. The van der Waals surface area contributed by atoms with Crippen molar-refractivity contribution in [2.75, 3.05) is 32.9 Å². The summed E-state index contributed by atoms with van der Waals surface area (Å²) in [4.78, 5) is 9.68. The van der Waals surface area contributed by atoms with Crippen LogP contribution >= 0.6 is 11.3 Å². The van der Waals surface area contributed by atoms with E-state index in [1.54, 1.807) is 19.9 Å². The second-order valence-corrected chi connectivity index (χ2v) is 11.9. The van der Waals surface area contributed by atoms with Crippen LogP contribution in [0.4, 0.5) is 13.2 Å². The molecule has 184 valence electrons. The van der Waals surface area contributed by atoms with Crippen molar-refractivity contribution in [3.63, 3.8) is 0 Å². The number of alkyl halides is 2. The van der Waals surface area contributed by atoms with Gasteiger partial charge in [0.15, 0.2) is 0 Å². The van der Waals surface area contributed by atoms with Crippen LogP contribution in [0.3, 0.4) is 0 Å². The molecule has 0 aliphatic carbocycles. The summed E-state index contributed by atoms with van der Waals surface area (Å²) in [6.45, 7) is 7.98. The summed E-state index contributed by atoms with van der Waals surface area (Å²) in [6, 6.07) is 9.65. The van der Waals surface area contributed by atoms with Crippen LogP contribution in [-0.2, 0) is 12.8 Å². The summed E-state index contributed by atoms with van der Waals surface area (Å²) in [5.74, 6) is 0.291. The van der Waals surface area contributed by atoms with Gasteiger partial charge >= 0.3 is 0 Å². The van der Waals surface area contributed by atoms with Gasteiger partial charge in [-0.05, 0) is 63.6 Å². The number of aromatic nitrogens is 1. The Bertz CT molecular complexity index is 1140.